The van der Waals surface area contributed by atoms with Gasteiger partial charge in [-0.2, -0.15) is 0 Å². The number of hydrogen-bond acceptors (Lipinski definition) is 3. The van der Waals surface area contributed by atoms with Crippen LogP contribution < -0.4 is 10.1 Å². The second-order valence-corrected chi connectivity index (χ2v) is 8.68. The molecule has 3 rings (SSSR count). The van der Waals surface area contributed by atoms with Gasteiger partial charge in [-0.3, -0.25) is 9.59 Å². The van der Waals surface area contributed by atoms with E-state index < -0.39 is 6.04 Å². The van der Waals surface area contributed by atoms with E-state index in [-0.39, 0.29) is 24.5 Å². The molecule has 1 aliphatic carbocycles. The zero-order chi connectivity index (χ0) is 22.2. The van der Waals surface area contributed by atoms with Crippen LogP contribution in [0.5, 0.6) is 5.75 Å². The maximum atomic E-state index is 13.2. The molecule has 1 saturated carbocycles. The third kappa shape index (κ3) is 6.88. The molecule has 7 heteroatoms. The Balaban J connectivity index is 1.75. The summed E-state index contributed by atoms with van der Waals surface area (Å²) in [6.45, 7) is 2.03. The lowest BCUT2D eigenvalue weighted by molar-refractivity contribution is -0.143. The van der Waals surface area contributed by atoms with Crippen LogP contribution in [0.2, 0.25) is 10.0 Å². The van der Waals surface area contributed by atoms with Gasteiger partial charge in [-0.05, 0) is 55.2 Å². The predicted octanol–water partition coefficient (Wildman–Crippen LogP) is 5.24. The molecule has 166 valence electrons. The summed E-state index contributed by atoms with van der Waals surface area (Å²) >= 11 is 12.0. The minimum atomic E-state index is -0.577. The molecule has 2 aromatic carbocycles. The second-order valence-electron chi connectivity index (χ2n) is 7.81. The quantitative estimate of drug-likeness (QED) is 0.554. The molecular formula is C24H28Cl2N2O3. The van der Waals surface area contributed by atoms with Gasteiger partial charge in [-0.15, -0.1) is 0 Å². The topological polar surface area (TPSA) is 58.6 Å². The van der Waals surface area contributed by atoms with Crippen LogP contribution in [0.25, 0.3) is 0 Å². The standard InChI is InChI=1S/C24H28Cl2N2O3/c1-2-22(24(30)27-20-7-3-4-8-20)28(15-17-10-12-18(25)13-11-17)23(29)16-31-21-9-5-6-19(26)14-21/h5-6,9-14,20,22H,2-4,7-8,15-16H2,1H3,(H,27,30)/t22-/m0/s1. The fourth-order valence-corrected chi connectivity index (χ4v) is 4.16. The number of nitrogens with one attached hydrogen (secondary N) is 1. The summed E-state index contributed by atoms with van der Waals surface area (Å²) in [5, 5.41) is 4.28. The maximum absolute atomic E-state index is 13.2. The van der Waals surface area contributed by atoms with Crippen molar-refractivity contribution in [1.82, 2.24) is 10.2 Å². The Morgan fingerprint density at radius 3 is 2.45 bits per heavy atom. The van der Waals surface area contributed by atoms with Gasteiger partial charge in [-0.25, -0.2) is 0 Å². The van der Waals surface area contributed by atoms with E-state index in [9.17, 15) is 9.59 Å². The van der Waals surface area contributed by atoms with E-state index in [4.69, 9.17) is 27.9 Å². The Morgan fingerprint density at radius 1 is 1.10 bits per heavy atom. The highest BCUT2D eigenvalue weighted by Crippen LogP contribution is 2.21. The number of nitrogens with zero attached hydrogens (tertiary/aromatic N) is 1. The van der Waals surface area contributed by atoms with Crippen LogP contribution in [0, 0.1) is 0 Å². The van der Waals surface area contributed by atoms with Crippen molar-refractivity contribution in [1.29, 1.82) is 0 Å². The number of rotatable bonds is 9. The van der Waals surface area contributed by atoms with Crippen molar-refractivity contribution in [2.24, 2.45) is 0 Å². The smallest absolute Gasteiger partial charge is 0.261 e. The molecule has 5 nitrogen and oxygen atoms in total. The molecule has 1 fully saturated rings. The Labute approximate surface area is 193 Å². The fraction of sp³-hybridized carbons (Fsp3) is 0.417. The van der Waals surface area contributed by atoms with Gasteiger partial charge >= 0.3 is 0 Å². The molecule has 0 radical (unpaired) electrons. The number of carbonyl (C=O) groups is 2. The highest BCUT2D eigenvalue weighted by molar-refractivity contribution is 6.30. The van der Waals surface area contributed by atoms with E-state index in [0.29, 0.717) is 28.8 Å². The molecule has 0 aromatic heterocycles. The largest absolute Gasteiger partial charge is 0.484 e. The van der Waals surface area contributed by atoms with Gasteiger partial charge < -0.3 is 15.0 Å². The predicted molar refractivity (Wildman–Crippen MR) is 123 cm³/mol. The van der Waals surface area contributed by atoms with Crippen LogP contribution in [0.4, 0.5) is 0 Å². The molecule has 2 amide bonds. The average molecular weight is 463 g/mol. The highest BCUT2D eigenvalue weighted by Gasteiger charge is 2.30. The lowest BCUT2D eigenvalue weighted by Gasteiger charge is -2.31. The lowest BCUT2D eigenvalue weighted by Crippen LogP contribution is -2.52. The van der Waals surface area contributed by atoms with Gasteiger partial charge in [0.2, 0.25) is 5.91 Å². The van der Waals surface area contributed by atoms with Crippen molar-refractivity contribution in [3.8, 4) is 5.75 Å². The SMILES string of the molecule is CC[C@@H](C(=O)NC1CCCC1)N(Cc1ccc(Cl)cc1)C(=O)COc1cccc(Cl)c1. The molecule has 1 aliphatic rings. The molecule has 0 unspecified atom stereocenters. The number of halogens is 2. The van der Waals surface area contributed by atoms with E-state index in [1.807, 2.05) is 19.1 Å². The lowest BCUT2D eigenvalue weighted by atomic mass is 10.1. The van der Waals surface area contributed by atoms with E-state index in [1.54, 1.807) is 41.3 Å². The Hall–Kier alpha value is -2.24. The van der Waals surface area contributed by atoms with Crippen molar-refractivity contribution in [2.75, 3.05) is 6.61 Å². The Morgan fingerprint density at radius 2 is 1.81 bits per heavy atom. The van der Waals surface area contributed by atoms with E-state index in [0.717, 1.165) is 31.2 Å². The van der Waals surface area contributed by atoms with E-state index in [2.05, 4.69) is 5.32 Å². The number of amides is 2. The van der Waals surface area contributed by atoms with Crippen LogP contribution in [0.15, 0.2) is 48.5 Å². The van der Waals surface area contributed by atoms with Crippen LogP contribution in [0.1, 0.15) is 44.6 Å². The van der Waals surface area contributed by atoms with Gasteiger partial charge in [-0.1, -0.05) is 61.2 Å². The summed E-state index contributed by atoms with van der Waals surface area (Å²) in [5.74, 6) is 0.138. The first-order valence-corrected chi connectivity index (χ1v) is 11.4. The number of carbonyl (C=O) groups excluding carboxylic acids is 2. The second kappa shape index (κ2) is 11.4. The van der Waals surface area contributed by atoms with E-state index in [1.165, 1.54) is 0 Å². The molecule has 31 heavy (non-hydrogen) atoms. The number of ether oxygens (including phenoxy) is 1. The molecule has 0 spiro atoms. The zero-order valence-electron chi connectivity index (χ0n) is 17.7. The van der Waals surface area contributed by atoms with Crippen LogP contribution >= 0.6 is 23.2 Å². The molecular weight excluding hydrogens is 435 g/mol. The minimum absolute atomic E-state index is 0.112. The van der Waals surface area contributed by atoms with Crippen LogP contribution in [0.3, 0.4) is 0 Å². The van der Waals surface area contributed by atoms with Crippen molar-refractivity contribution >= 4 is 35.0 Å². The van der Waals surface area contributed by atoms with Crippen LogP contribution in [-0.4, -0.2) is 35.4 Å². The minimum Gasteiger partial charge on any atom is -0.484 e. The third-order valence-electron chi connectivity index (χ3n) is 5.51. The third-order valence-corrected chi connectivity index (χ3v) is 6.00. The van der Waals surface area contributed by atoms with Crippen molar-refractivity contribution in [2.45, 2.75) is 57.7 Å². The maximum Gasteiger partial charge on any atom is 0.261 e. The van der Waals surface area contributed by atoms with E-state index >= 15 is 0 Å². The normalized spacial score (nSPS) is 14.8. The van der Waals surface area contributed by atoms with Gasteiger partial charge in [0.1, 0.15) is 11.8 Å². The summed E-state index contributed by atoms with van der Waals surface area (Å²) in [6.07, 6.45) is 4.75. The van der Waals surface area contributed by atoms with Crippen molar-refractivity contribution < 1.29 is 14.3 Å². The average Bonchev–Trinajstić information content (AvgIpc) is 3.26. The van der Waals surface area contributed by atoms with Crippen LogP contribution in [-0.2, 0) is 16.1 Å². The molecule has 1 N–H and O–H groups in total. The highest BCUT2D eigenvalue weighted by atomic mass is 35.5. The zero-order valence-corrected chi connectivity index (χ0v) is 19.2. The summed E-state index contributed by atoms with van der Waals surface area (Å²) in [5.41, 5.74) is 0.896. The van der Waals surface area contributed by atoms with Crippen molar-refractivity contribution in [3.05, 3.63) is 64.1 Å². The van der Waals surface area contributed by atoms with Crippen molar-refractivity contribution in [3.63, 3.8) is 0 Å². The molecule has 0 aliphatic heterocycles. The van der Waals surface area contributed by atoms with Gasteiger partial charge in [0.05, 0.1) is 0 Å². The first kappa shape index (κ1) is 23.4. The van der Waals surface area contributed by atoms with Gasteiger partial charge in [0.25, 0.3) is 5.91 Å². The summed E-state index contributed by atoms with van der Waals surface area (Å²) in [6, 6.07) is 13.8. The molecule has 0 bridgehead atoms. The molecule has 0 saturated heterocycles. The van der Waals surface area contributed by atoms with Gasteiger partial charge in [0, 0.05) is 22.6 Å². The fourth-order valence-electron chi connectivity index (χ4n) is 3.86. The summed E-state index contributed by atoms with van der Waals surface area (Å²) in [4.78, 5) is 27.8. The molecule has 1 atom stereocenters. The summed E-state index contributed by atoms with van der Waals surface area (Å²) in [7, 11) is 0. The first-order chi connectivity index (χ1) is 15.0. The monoisotopic (exact) mass is 462 g/mol. The Bertz CT molecular complexity index is 883. The molecule has 2 aromatic rings. The first-order valence-electron chi connectivity index (χ1n) is 10.7. The molecule has 0 heterocycles. The Kier molecular flexibility index (Phi) is 8.61. The summed E-state index contributed by atoms with van der Waals surface area (Å²) < 4.78 is 5.67. The van der Waals surface area contributed by atoms with Gasteiger partial charge in [0.15, 0.2) is 6.61 Å². The number of hydrogen-bond donors (Lipinski definition) is 1. The number of benzene rings is 2.